The average Bonchev–Trinajstić information content (AvgIpc) is 3.32. The number of oxazole rings is 1. The van der Waals surface area contributed by atoms with E-state index in [-0.39, 0.29) is 0 Å². The molecule has 0 saturated carbocycles. The monoisotopic (exact) mass is 348 g/mol. The maximum atomic E-state index is 5.56. The third-order valence-corrected chi connectivity index (χ3v) is 4.86. The summed E-state index contributed by atoms with van der Waals surface area (Å²) >= 11 is 1.62. The fourth-order valence-corrected chi connectivity index (χ4v) is 3.53. The van der Waals surface area contributed by atoms with Crippen LogP contribution in [0.15, 0.2) is 33.2 Å². The summed E-state index contributed by atoms with van der Waals surface area (Å²) in [5, 5.41) is 5.39. The Labute approximate surface area is 146 Å². The third kappa shape index (κ3) is 4.15. The van der Waals surface area contributed by atoms with Crippen LogP contribution in [-0.4, -0.2) is 49.2 Å². The van der Waals surface area contributed by atoms with E-state index in [9.17, 15) is 0 Å². The number of aromatic nitrogens is 1. The highest BCUT2D eigenvalue weighted by atomic mass is 32.1. The number of nitrogens with zero attached hydrogens (tertiary/aromatic N) is 3. The molecule has 3 rings (SSSR count). The summed E-state index contributed by atoms with van der Waals surface area (Å²) in [7, 11) is 1.76. The normalized spacial score (nSPS) is 18.3. The quantitative estimate of drug-likeness (QED) is 0.642. The zero-order valence-electron chi connectivity index (χ0n) is 14.2. The summed E-state index contributed by atoms with van der Waals surface area (Å²) in [6, 6.07) is 4.00. The van der Waals surface area contributed by atoms with Crippen molar-refractivity contribution in [1.82, 2.24) is 15.2 Å². The summed E-state index contributed by atoms with van der Waals surface area (Å²) in [4.78, 5) is 12.6. The van der Waals surface area contributed by atoms with Crippen LogP contribution in [0.1, 0.15) is 19.0 Å². The summed E-state index contributed by atoms with van der Waals surface area (Å²) in [5.41, 5.74) is 0.849. The van der Waals surface area contributed by atoms with E-state index in [0.29, 0.717) is 18.4 Å². The molecule has 1 N–H and O–H groups in total. The minimum absolute atomic E-state index is 0.517. The van der Waals surface area contributed by atoms with Crippen molar-refractivity contribution in [3.8, 4) is 10.8 Å². The predicted molar refractivity (Wildman–Crippen MR) is 96.2 cm³/mol. The molecule has 1 aliphatic heterocycles. The number of rotatable bonds is 6. The van der Waals surface area contributed by atoms with Crippen LogP contribution in [0.4, 0.5) is 0 Å². The molecule has 0 amide bonds. The van der Waals surface area contributed by atoms with Gasteiger partial charge in [0.25, 0.3) is 0 Å². The highest BCUT2D eigenvalue weighted by Gasteiger charge is 2.24. The first-order valence-corrected chi connectivity index (χ1v) is 9.18. The molecule has 24 heavy (non-hydrogen) atoms. The van der Waals surface area contributed by atoms with Gasteiger partial charge in [-0.1, -0.05) is 6.07 Å². The highest BCUT2D eigenvalue weighted by Crippen LogP contribution is 2.24. The molecule has 2 aromatic rings. The number of guanidine groups is 1. The molecular formula is C17H24N4O2S. The van der Waals surface area contributed by atoms with E-state index in [1.807, 2.05) is 17.5 Å². The Morgan fingerprint density at radius 3 is 3.25 bits per heavy atom. The first-order chi connectivity index (χ1) is 11.8. The number of nitrogens with one attached hydrogen (secondary N) is 1. The van der Waals surface area contributed by atoms with Crippen LogP contribution in [0.5, 0.6) is 0 Å². The van der Waals surface area contributed by atoms with Gasteiger partial charge in [-0.05, 0) is 24.8 Å². The molecular weight excluding hydrogens is 324 g/mol. The maximum absolute atomic E-state index is 5.56. The van der Waals surface area contributed by atoms with Crippen molar-refractivity contribution in [2.75, 3.05) is 33.4 Å². The molecule has 130 valence electrons. The van der Waals surface area contributed by atoms with E-state index in [1.54, 1.807) is 24.7 Å². The number of hydrogen-bond acceptors (Lipinski definition) is 5. The molecule has 1 atom stereocenters. The summed E-state index contributed by atoms with van der Waals surface area (Å²) in [5.74, 6) is 2.19. The molecule has 0 aliphatic carbocycles. The van der Waals surface area contributed by atoms with E-state index in [4.69, 9.17) is 14.1 Å². The maximum Gasteiger partial charge on any atom is 0.236 e. The first kappa shape index (κ1) is 17.0. The second-order valence-corrected chi connectivity index (χ2v) is 6.80. The molecule has 1 unspecified atom stereocenters. The van der Waals surface area contributed by atoms with Gasteiger partial charge in [-0.3, -0.25) is 0 Å². The molecule has 7 heteroatoms. The Bertz CT molecular complexity index is 653. The van der Waals surface area contributed by atoms with Gasteiger partial charge in [0.15, 0.2) is 5.96 Å². The number of thiophene rings is 1. The van der Waals surface area contributed by atoms with E-state index < -0.39 is 0 Å². The minimum atomic E-state index is 0.517. The van der Waals surface area contributed by atoms with Crippen molar-refractivity contribution >= 4 is 17.3 Å². The van der Waals surface area contributed by atoms with Gasteiger partial charge >= 0.3 is 0 Å². The van der Waals surface area contributed by atoms with E-state index >= 15 is 0 Å². The lowest BCUT2D eigenvalue weighted by atomic mass is 10.1. The standard InChI is InChI=1S/C17H24N4O2S/c1-3-18-17(21-7-6-13(10-21)11-22-2)19-9-14-12-23-16(20-14)15-5-4-8-24-15/h4-5,8,12-13H,3,6-7,9-11H2,1-2H3,(H,18,19). The zero-order chi connectivity index (χ0) is 16.8. The van der Waals surface area contributed by atoms with Gasteiger partial charge in [0, 0.05) is 32.7 Å². The average molecular weight is 348 g/mol. The van der Waals surface area contributed by atoms with E-state index in [0.717, 1.165) is 49.2 Å². The van der Waals surface area contributed by atoms with Crippen LogP contribution >= 0.6 is 11.3 Å². The van der Waals surface area contributed by atoms with Gasteiger partial charge < -0.3 is 19.4 Å². The number of methoxy groups -OCH3 is 1. The molecule has 6 nitrogen and oxygen atoms in total. The van der Waals surface area contributed by atoms with Crippen molar-refractivity contribution in [3.63, 3.8) is 0 Å². The van der Waals surface area contributed by atoms with Gasteiger partial charge in [0.1, 0.15) is 12.0 Å². The third-order valence-electron chi connectivity index (χ3n) is 4.00. The van der Waals surface area contributed by atoms with Gasteiger partial charge in [-0.2, -0.15) is 0 Å². The lowest BCUT2D eigenvalue weighted by Gasteiger charge is -2.21. The molecule has 0 radical (unpaired) electrons. The largest absolute Gasteiger partial charge is 0.443 e. The molecule has 0 spiro atoms. The number of hydrogen-bond donors (Lipinski definition) is 1. The van der Waals surface area contributed by atoms with Crippen LogP contribution in [0.3, 0.4) is 0 Å². The Balaban J connectivity index is 1.64. The SMILES string of the molecule is CCNC(=NCc1coc(-c2cccs2)n1)N1CCC(COC)C1. The topological polar surface area (TPSA) is 62.9 Å². The number of aliphatic imine (C=N–C) groups is 1. The van der Waals surface area contributed by atoms with Crippen molar-refractivity contribution in [1.29, 1.82) is 0 Å². The smallest absolute Gasteiger partial charge is 0.236 e. The van der Waals surface area contributed by atoms with Crippen molar-refractivity contribution < 1.29 is 9.15 Å². The zero-order valence-corrected chi connectivity index (χ0v) is 15.0. The van der Waals surface area contributed by atoms with E-state index in [1.165, 1.54) is 0 Å². The van der Waals surface area contributed by atoms with Crippen LogP contribution in [0.25, 0.3) is 10.8 Å². The summed E-state index contributed by atoms with van der Waals surface area (Å²) in [6.07, 6.45) is 2.84. The molecule has 1 saturated heterocycles. The fraction of sp³-hybridized carbons (Fsp3) is 0.529. The summed E-state index contributed by atoms with van der Waals surface area (Å²) in [6.45, 7) is 6.26. The molecule has 2 aromatic heterocycles. The van der Waals surface area contributed by atoms with Crippen molar-refractivity contribution in [2.24, 2.45) is 10.9 Å². The van der Waals surface area contributed by atoms with Gasteiger partial charge in [0.2, 0.25) is 5.89 Å². The second kappa shape index (κ2) is 8.30. The predicted octanol–water partition coefficient (Wildman–Crippen LogP) is 2.84. The van der Waals surface area contributed by atoms with Crippen molar-refractivity contribution in [2.45, 2.75) is 19.9 Å². The molecule has 1 fully saturated rings. The highest BCUT2D eigenvalue weighted by molar-refractivity contribution is 7.13. The lowest BCUT2D eigenvalue weighted by Crippen LogP contribution is -2.40. The molecule has 3 heterocycles. The Morgan fingerprint density at radius 1 is 1.58 bits per heavy atom. The van der Waals surface area contributed by atoms with Crippen LogP contribution in [-0.2, 0) is 11.3 Å². The Kier molecular flexibility index (Phi) is 5.87. The molecule has 0 bridgehead atoms. The van der Waals surface area contributed by atoms with Gasteiger partial charge in [-0.25, -0.2) is 9.98 Å². The number of likely N-dealkylation sites (tertiary alicyclic amines) is 1. The minimum Gasteiger partial charge on any atom is -0.443 e. The number of ether oxygens (including phenoxy) is 1. The van der Waals surface area contributed by atoms with Crippen LogP contribution in [0.2, 0.25) is 0 Å². The second-order valence-electron chi connectivity index (χ2n) is 5.85. The van der Waals surface area contributed by atoms with E-state index in [2.05, 4.69) is 22.1 Å². The Morgan fingerprint density at radius 2 is 2.50 bits per heavy atom. The van der Waals surface area contributed by atoms with Crippen LogP contribution < -0.4 is 5.32 Å². The van der Waals surface area contributed by atoms with Crippen molar-refractivity contribution in [3.05, 3.63) is 29.5 Å². The molecule has 1 aliphatic rings. The fourth-order valence-electron chi connectivity index (χ4n) is 2.87. The molecule has 0 aromatic carbocycles. The van der Waals surface area contributed by atoms with Gasteiger partial charge in [0.05, 0.1) is 18.0 Å². The first-order valence-electron chi connectivity index (χ1n) is 8.30. The van der Waals surface area contributed by atoms with Crippen LogP contribution in [0, 0.1) is 5.92 Å². The van der Waals surface area contributed by atoms with Gasteiger partial charge in [-0.15, -0.1) is 11.3 Å². The Hall–Kier alpha value is -1.86. The lowest BCUT2D eigenvalue weighted by molar-refractivity contribution is 0.157. The summed E-state index contributed by atoms with van der Waals surface area (Å²) < 4.78 is 10.8.